The first kappa shape index (κ1) is 39.4. The van der Waals surface area contributed by atoms with Crippen LogP contribution in [0.5, 0.6) is 0 Å². The number of hydrogen-bond donors (Lipinski definition) is 0. The zero-order valence-electron chi connectivity index (χ0n) is 27.5. The second kappa shape index (κ2) is 29.9. The maximum Gasteiger partial charge on any atom is 0.309 e. The molecule has 2 atom stereocenters. The summed E-state index contributed by atoms with van der Waals surface area (Å²) in [5.74, 6) is -1.01. The highest BCUT2D eigenvalue weighted by Crippen LogP contribution is 2.16. The molecule has 0 aromatic heterocycles. The summed E-state index contributed by atoms with van der Waals surface area (Å²) in [6.45, 7) is 8.40. The van der Waals surface area contributed by atoms with Crippen molar-refractivity contribution in [3.05, 3.63) is 0 Å². The first-order valence-electron chi connectivity index (χ1n) is 17.5. The molecule has 0 amide bonds. The quantitative estimate of drug-likeness (QED) is 0.0476. The topological polar surface area (TPSA) is 78.9 Å². The minimum absolute atomic E-state index is 0.0706. The predicted octanol–water partition coefficient (Wildman–Crippen LogP) is 10.0. The largest absolute Gasteiger partial charge is 0.462 e. The van der Waals surface area contributed by atoms with Crippen LogP contribution in [-0.4, -0.2) is 37.2 Å². The Hall–Kier alpha value is -1.59. The van der Waals surface area contributed by atoms with Gasteiger partial charge in [-0.1, -0.05) is 143 Å². The minimum atomic E-state index is -0.763. The van der Waals surface area contributed by atoms with Crippen LogP contribution < -0.4 is 0 Å². The van der Waals surface area contributed by atoms with E-state index in [0.717, 1.165) is 64.2 Å². The highest BCUT2D eigenvalue weighted by Gasteiger charge is 2.22. The number of hydrogen-bond acceptors (Lipinski definition) is 6. The molecule has 0 aromatic rings. The Labute approximate surface area is 253 Å². The van der Waals surface area contributed by atoms with E-state index in [1.165, 1.54) is 77.0 Å². The van der Waals surface area contributed by atoms with Gasteiger partial charge in [-0.05, 0) is 25.7 Å². The molecule has 6 heteroatoms. The first-order chi connectivity index (χ1) is 20.0. The summed E-state index contributed by atoms with van der Waals surface area (Å²) in [7, 11) is 0. The molecular weight excluding hydrogens is 516 g/mol. The van der Waals surface area contributed by atoms with Crippen molar-refractivity contribution in [1.29, 1.82) is 0 Å². The van der Waals surface area contributed by atoms with Crippen molar-refractivity contribution < 1.29 is 28.6 Å². The van der Waals surface area contributed by atoms with Crippen LogP contribution in [0.25, 0.3) is 0 Å². The number of unbranched alkanes of at least 4 members (excludes halogenated alkanes) is 17. The lowest BCUT2D eigenvalue weighted by Crippen LogP contribution is -2.32. The second-order valence-corrected chi connectivity index (χ2v) is 11.8. The summed E-state index contributed by atoms with van der Waals surface area (Å²) in [5, 5.41) is 0. The van der Waals surface area contributed by atoms with Gasteiger partial charge in [0, 0.05) is 12.8 Å². The highest BCUT2D eigenvalue weighted by molar-refractivity contribution is 5.72. The van der Waals surface area contributed by atoms with Gasteiger partial charge in [0.2, 0.25) is 0 Å². The molecule has 0 N–H and O–H groups in total. The highest BCUT2D eigenvalue weighted by atomic mass is 16.6. The number of carbonyl (C=O) groups is 3. The van der Waals surface area contributed by atoms with Crippen molar-refractivity contribution in [2.75, 3.05) is 13.2 Å². The van der Waals surface area contributed by atoms with E-state index >= 15 is 0 Å². The van der Waals surface area contributed by atoms with Crippen LogP contribution in [0.2, 0.25) is 0 Å². The Morgan fingerprint density at radius 2 is 0.902 bits per heavy atom. The van der Waals surface area contributed by atoms with E-state index in [9.17, 15) is 14.4 Å². The van der Waals surface area contributed by atoms with Crippen molar-refractivity contribution in [3.63, 3.8) is 0 Å². The van der Waals surface area contributed by atoms with E-state index in [-0.39, 0.29) is 37.0 Å². The van der Waals surface area contributed by atoms with Gasteiger partial charge in [-0.15, -0.1) is 0 Å². The molecule has 0 bridgehead atoms. The lowest BCUT2D eigenvalue weighted by Gasteiger charge is -2.20. The molecule has 6 nitrogen and oxygen atoms in total. The Morgan fingerprint density at radius 3 is 1.37 bits per heavy atom. The van der Waals surface area contributed by atoms with Crippen LogP contribution in [-0.2, 0) is 28.6 Å². The van der Waals surface area contributed by atoms with Crippen LogP contribution in [0, 0.1) is 5.92 Å². The molecule has 0 radical (unpaired) electrons. The van der Waals surface area contributed by atoms with E-state index in [2.05, 4.69) is 20.8 Å². The molecule has 2 unspecified atom stereocenters. The third-order valence-corrected chi connectivity index (χ3v) is 7.84. The zero-order chi connectivity index (χ0) is 30.4. The van der Waals surface area contributed by atoms with Gasteiger partial charge in [0.05, 0.1) is 5.92 Å². The fourth-order valence-corrected chi connectivity index (χ4v) is 5.01. The van der Waals surface area contributed by atoms with Gasteiger partial charge >= 0.3 is 17.9 Å². The molecular formula is C35H66O6. The van der Waals surface area contributed by atoms with E-state index in [0.29, 0.717) is 12.8 Å². The molecule has 0 rings (SSSR count). The summed E-state index contributed by atoms with van der Waals surface area (Å²) in [5.41, 5.74) is 0. The second-order valence-electron chi connectivity index (χ2n) is 11.8. The molecule has 0 spiro atoms. The average molecular weight is 583 g/mol. The van der Waals surface area contributed by atoms with Crippen molar-refractivity contribution in [2.45, 2.75) is 188 Å². The van der Waals surface area contributed by atoms with Gasteiger partial charge in [-0.25, -0.2) is 0 Å². The van der Waals surface area contributed by atoms with Gasteiger partial charge < -0.3 is 14.2 Å². The van der Waals surface area contributed by atoms with Crippen LogP contribution in [0.15, 0.2) is 0 Å². The Kier molecular flexibility index (Phi) is 28.7. The lowest BCUT2D eigenvalue weighted by molar-refractivity contribution is -0.168. The lowest BCUT2D eigenvalue weighted by atomic mass is 10.00. The maximum absolute atomic E-state index is 12.6. The Bertz CT molecular complexity index is 620. The average Bonchev–Trinajstić information content (AvgIpc) is 2.97. The standard InChI is InChI=1S/C35H66O6/c1-5-9-12-14-16-18-20-22-24-27-33(36)39-29-32(30-40-35(38)31(8-4)26-11-7-3)41-34(37)28-25-23-21-19-17-15-13-10-6-2/h31-32H,5-30H2,1-4H3. The molecule has 0 aliphatic rings. The predicted molar refractivity (Wildman–Crippen MR) is 169 cm³/mol. The van der Waals surface area contributed by atoms with Crippen molar-refractivity contribution >= 4 is 17.9 Å². The Balaban J connectivity index is 4.46. The molecule has 0 aliphatic heterocycles. The molecule has 0 aliphatic carbocycles. The molecule has 41 heavy (non-hydrogen) atoms. The molecule has 0 saturated heterocycles. The smallest absolute Gasteiger partial charge is 0.309 e. The van der Waals surface area contributed by atoms with Crippen molar-refractivity contribution in [1.82, 2.24) is 0 Å². The number of rotatable bonds is 30. The molecule has 0 aromatic carbocycles. The first-order valence-corrected chi connectivity index (χ1v) is 17.5. The van der Waals surface area contributed by atoms with E-state index in [1.54, 1.807) is 0 Å². The zero-order valence-corrected chi connectivity index (χ0v) is 27.5. The molecule has 0 fully saturated rings. The van der Waals surface area contributed by atoms with Gasteiger partial charge in [-0.3, -0.25) is 14.4 Å². The van der Waals surface area contributed by atoms with E-state index in [4.69, 9.17) is 14.2 Å². The van der Waals surface area contributed by atoms with Gasteiger partial charge in [0.25, 0.3) is 0 Å². The number of ether oxygens (including phenoxy) is 3. The number of esters is 3. The number of carbonyl (C=O) groups excluding carboxylic acids is 3. The summed E-state index contributed by atoms with van der Waals surface area (Å²) in [6, 6.07) is 0. The normalized spacial score (nSPS) is 12.6. The van der Waals surface area contributed by atoms with Crippen LogP contribution in [0.4, 0.5) is 0 Å². The van der Waals surface area contributed by atoms with Crippen molar-refractivity contribution in [3.8, 4) is 0 Å². The molecule has 0 saturated carbocycles. The Morgan fingerprint density at radius 1 is 0.488 bits per heavy atom. The van der Waals surface area contributed by atoms with E-state index in [1.807, 2.05) is 6.92 Å². The van der Waals surface area contributed by atoms with Crippen LogP contribution in [0.1, 0.15) is 182 Å². The molecule has 242 valence electrons. The van der Waals surface area contributed by atoms with Crippen molar-refractivity contribution in [2.24, 2.45) is 5.92 Å². The fraction of sp³-hybridized carbons (Fsp3) is 0.914. The van der Waals surface area contributed by atoms with Crippen LogP contribution >= 0.6 is 0 Å². The summed E-state index contributed by atoms with van der Waals surface area (Å²) in [4.78, 5) is 37.5. The monoisotopic (exact) mass is 582 g/mol. The van der Waals surface area contributed by atoms with Gasteiger partial charge in [0.1, 0.15) is 13.2 Å². The maximum atomic E-state index is 12.6. The van der Waals surface area contributed by atoms with Crippen LogP contribution in [0.3, 0.4) is 0 Å². The summed E-state index contributed by atoms with van der Waals surface area (Å²) < 4.78 is 16.6. The third kappa shape index (κ3) is 25.8. The van der Waals surface area contributed by atoms with Gasteiger partial charge in [0.15, 0.2) is 6.10 Å². The minimum Gasteiger partial charge on any atom is -0.462 e. The summed E-state index contributed by atoms with van der Waals surface area (Å²) in [6.07, 6.45) is 24.7. The fourth-order valence-electron chi connectivity index (χ4n) is 5.01. The molecule has 0 heterocycles. The van der Waals surface area contributed by atoms with Gasteiger partial charge in [-0.2, -0.15) is 0 Å². The third-order valence-electron chi connectivity index (χ3n) is 7.84. The SMILES string of the molecule is CCCCCCCCCCCC(=O)OCC(COC(=O)C(CC)CCCC)OC(=O)CCCCCCCCCCC. The van der Waals surface area contributed by atoms with E-state index < -0.39 is 6.10 Å². The summed E-state index contributed by atoms with van der Waals surface area (Å²) >= 11 is 0.